The number of guanidine groups is 1. The summed E-state index contributed by atoms with van der Waals surface area (Å²) in [6, 6.07) is 7.91. The number of nitrogens with zero attached hydrogens (tertiary/aromatic N) is 1. The lowest BCUT2D eigenvalue weighted by Gasteiger charge is -2.24. The molecule has 1 fully saturated rings. The molecule has 3 N–H and O–H groups in total. The van der Waals surface area contributed by atoms with Crippen LogP contribution in [0.15, 0.2) is 33.7 Å². The van der Waals surface area contributed by atoms with Gasteiger partial charge in [0.2, 0.25) is 0 Å². The van der Waals surface area contributed by atoms with E-state index < -0.39 is 0 Å². The maximum atomic E-state index is 12.0. The summed E-state index contributed by atoms with van der Waals surface area (Å²) < 4.78 is 0.972. The van der Waals surface area contributed by atoms with E-state index in [2.05, 4.69) is 36.9 Å². The summed E-state index contributed by atoms with van der Waals surface area (Å²) >= 11 is 3.37. The zero-order valence-electron chi connectivity index (χ0n) is 14.7. The Morgan fingerprint density at radius 2 is 1.76 bits per heavy atom. The Balaban J connectivity index is 0.00000312. The van der Waals surface area contributed by atoms with Crippen LogP contribution in [0.4, 0.5) is 0 Å². The van der Waals surface area contributed by atoms with Crippen LogP contribution < -0.4 is 16.0 Å². The monoisotopic (exact) mass is 522 g/mol. The molecule has 1 saturated carbocycles. The highest BCUT2D eigenvalue weighted by Crippen LogP contribution is 2.17. The Bertz CT molecular complexity index is 545. The lowest BCUT2D eigenvalue weighted by Crippen LogP contribution is -2.44. The Morgan fingerprint density at radius 3 is 2.40 bits per heavy atom. The number of hydrogen-bond acceptors (Lipinski definition) is 2. The van der Waals surface area contributed by atoms with E-state index in [1.807, 2.05) is 24.3 Å². The van der Waals surface area contributed by atoms with Gasteiger partial charge >= 0.3 is 0 Å². The molecule has 0 bridgehead atoms. The molecule has 0 radical (unpaired) electrons. The van der Waals surface area contributed by atoms with Gasteiger partial charge in [0.05, 0.1) is 0 Å². The van der Waals surface area contributed by atoms with Gasteiger partial charge in [-0.25, -0.2) is 0 Å². The first kappa shape index (κ1) is 22.2. The molecule has 0 aromatic heterocycles. The van der Waals surface area contributed by atoms with Crippen LogP contribution in [-0.2, 0) is 0 Å². The quantitative estimate of drug-likeness (QED) is 0.231. The van der Waals surface area contributed by atoms with Crippen molar-refractivity contribution in [3.8, 4) is 0 Å². The van der Waals surface area contributed by atoms with Gasteiger partial charge < -0.3 is 16.0 Å². The average molecular weight is 523 g/mol. The van der Waals surface area contributed by atoms with Crippen molar-refractivity contribution in [2.45, 2.75) is 44.6 Å². The highest BCUT2D eigenvalue weighted by atomic mass is 127. The van der Waals surface area contributed by atoms with Crippen molar-refractivity contribution < 1.29 is 4.79 Å². The highest BCUT2D eigenvalue weighted by molar-refractivity contribution is 14.0. The standard InChI is InChI=1S/C18H27BrN4O.HI/c1-20-18(23-16-6-3-2-4-7-16)22-13-5-12-21-17(24)14-8-10-15(19)11-9-14;/h8-11,16H,2-7,12-13H2,1H3,(H,21,24)(H2,20,22,23);1H. The van der Waals surface area contributed by atoms with Crippen molar-refractivity contribution >= 4 is 51.8 Å². The molecule has 0 aliphatic heterocycles. The maximum Gasteiger partial charge on any atom is 0.251 e. The van der Waals surface area contributed by atoms with Crippen LogP contribution in [0.2, 0.25) is 0 Å². The van der Waals surface area contributed by atoms with Crippen LogP contribution in [0.25, 0.3) is 0 Å². The molecular formula is C18H28BrIN4O. The first-order chi connectivity index (χ1) is 11.7. The minimum absolute atomic E-state index is 0. The summed E-state index contributed by atoms with van der Waals surface area (Å²) in [7, 11) is 1.80. The van der Waals surface area contributed by atoms with Crippen molar-refractivity contribution in [1.82, 2.24) is 16.0 Å². The van der Waals surface area contributed by atoms with Gasteiger partial charge in [-0.3, -0.25) is 9.79 Å². The van der Waals surface area contributed by atoms with Crippen molar-refractivity contribution in [2.75, 3.05) is 20.1 Å². The Labute approximate surface area is 176 Å². The van der Waals surface area contributed by atoms with Gasteiger partial charge in [-0.1, -0.05) is 35.2 Å². The number of halogens is 2. The molecule has 0 unspecified atom stereocenters. The van der Waals surface area contributed by atoms with Crippen LogP contribution in [0.5, 0.6) is 0 Å². The summed E-state index contributed by atoms with van der Waals surface area (Å²) in [6.45, 7) is 1.43. The molecule has 2 rings (SSSR count). The molecule has 1 aromatic rings. The first-order valence-corrected chi connectivity index (χ1v) is 9.49. The van der Waals surface area contributed by atoms with Crippen LogP contribution in [-0.4, -0.2) is 38.0 Å². The number of aliphatic imine (C=N–C) groups is 1. The molecule has 1 aliphatic rings. The van der Waals surface area contributed by atoms with Crippen LogP contribution in [0.3, 0.4) is 0 Å². The molecule has 140 valence electrons. The number of carbonyl (C=O) groups is 1. The molecule has 0 heterocycles. The normalized spacial score (nSPS) is 15.2. The largest absolute Gasteiger partial charge is 0.356 e. The average Bonchev–Trinajstić information content (AvgIpc) is 2.61. The van der Waals surface area contributed by atoms with Crippen LogP contribution in [0, 0.1) is 0 Å². The smallest absolute Gasteiger partial charge is 0.251 e. The van der Waals surface area contributed by atoms with Crippen molar-refractivity contribution in [2.24, 2.45) is 4.99 Å². The predicted octanol–water partition coefficient (Wildman–Crippen LogP) is 3.68. The maximum absolute atomic E-state index is 12.0. The number of benzene rings is 1. The molecular weight excluding hydrogens is 495 g/mol. The van der Waals surface area contributed by atoms with Gasteiger partial charge in [-0.2, -0.15) is 0 Å². The third-order valence-electron chi connectivity index (χ3n) is 4.21. The highest BCUT2D eigenvalue weighted by Gasteiger charge is 2.14. The Hall–Kier alpha value is -0.830. The molecule has 1 aromatic carbocycles. The Kier molecular flexibility index (Phi) is 11.1. The second-order valence-electron chi connectivity index (χ2n) is 6.09. The van der Waals surface area contributed by atoms with E-state index in [1.165, 1.54) is 32.1 Å². The number of carbonyl (C=O) groups excluding carboxylic acids is 1. The molecule has 1 aliphatic carbocycles. The van der Waals surface area contributed by atoms with Gasteiger partial charge in [-0.15, -0.1) is 24.0 Å². The zero-order valence-corrected chi connectivity index (χ0v) is 18.6. The third kappa shape index (κ3) is 8.40. The van der Waals surface area contributed by atoms with Crippen LogP contribution in [0.1, 0.15) is 48.9 Å². The lowest BCUT2D eigenvalue weighted by molar-refractivity contribution is 0.0953. The summed E-state index contributed by atoms with van der Waals surface area (Å²) in [5.74, 6) is 0.827. The molecule has 0 spiro atoms. The predicted molar refractivity (Wildman–Crippen MR) is 118 cm³/mol. The fourth-order valence-electron chi connectivity index (χ4n) is 2.84. The van der Waals surface area contributed by atoms with Gasteiger partial charge in [0.15, 0.2) is 5.96 Å². The van der Waals surface area contributed by atoms with E-state index in [0.717, 1.165) is 23.4 Å². The summed E-state index contributed by atoms with van der Waals surface area (Å²) in [5, 5.41) is 9.74. The summed E-state index contributed by atoms with van der Waals surface area (Å²) in [6.07, 6.45) is 7.26. The second-order valence-corrected chi connectivity index (χ2v) is 7.01. The second kappa shape index (κ2) is 12.5. The number of rotatable bonds is 6. The van der Waals surface area contributed by atoms with E-state index >= 15 is 0 Å². The number of nitrogens with one attached hydrogen (secondary N) is 3. The van der Waals surface area contributed by atoms with E-state index in [4.69, 9.17) is 0 Å². The minimum Gasteiger partial charge on any atom is -0.356 e. The van der Waals surface area contributed by atoms with Crippen molar-refractivity contribution in [3.63, 3.8) is 0 Å². The van der Waals surface area contributed by atoms with E-state index in [0.29, 0.717) is 18.2 Å². The third-order valence-corrected chi connectivity index (χ3v) is 4.74. The number of hydrogen-bond donors (Lipinski definition) is 3. The van der Waals surface area contributed by atoms with Gasteiger partial charge in [-0.05, 0) is 43.5 Å². The fraction of sp³-hybridized carbons (Fsp3) is 0.556. The summed E-state index contributed by atoms with van der Waals surface area (Å²) in [4.78, 5) is 16.3. The molecule has 0 saturated heterocycles. The number of amides is 1. The lowest BCUT2D eigenvalue weighted by atomic mass is 9.96. The fourth-order valence-corrected chi connectivity index (χ4v) is 3.10. The SMILES string of the molecule is CN=C(NCCCNC(=O)c1ccc(Br)cc1)NC1CCCCC1.I. The molecule has 5 nitrogen and oxygen atoms in total. The topological polar surface area (TPSA) is 65.5 Å². The Morgan fingerprint density at radius 1 is 1.12 bits per heavy atom. The summed E-state index contributed by atoms with van der Waals surface area (Å²) in [5.41, 5.74) is 0.681. The van der Waals surface area contributed by atoms with Gasteiger partial charge in [0.25, 0.3) is 5.91 Å². The van der Waals surface area contributed by atoms with Crippen molar-refractivity contribution in [1.29, 1.82) is 0 Å². The van der Waals surface area contributed by atoms with Gasteiger partial charge in [0, 0.05) is 36.2 Å². The van der Waals surface area contributed by atoms with E-state index in [-0.39, 0.29) is 29.9 Å². The van der Waals surface area contributed by atoms with Crippen LogP contribution >= 0.6 is 39.9 Å². The van der Waals surface area contributed by atoms with Crippen molar-refractivity contribution in [3.05, 3.63) is 34.3 Å². The molecule has 1 amide bonds. The first-order valence-electron chi connectivity index (χ1n) is 8.70. The minimum atomic E-state index is -0.0350. The molecule has 25 heavy (non-hydrogen) atoms. The zero-order chi connectivity index (χ0) is 17.2. The molecule has 0 atom stereocenters. The van der Waals surface area contributed by atoms with E-state index in [1.54, 1.807) is 7.05 Å². The van der Waals surface area contributed by atoms with E-state index in [9.17, 15) is 4.79 Å². The molecule has 7 heteroatoms. The van der Waals surface area contributed by atoms with Gasteiger partial charge in [0.1, 0.15) is 0 Å².